The maximum absolute atomic E-state index is 13.6. The van der Waals surface area contributed by atoms with E-state index in [4.69, 9.17) is 0 Å². The number of rotatable bonds is 3. The summed E-state index contributed by atoms with van der Waals surface area (Å²) in [5.74, 6) is -0.989. The molecule has 3 heteroatoms. The highest BCUT2D eigenvalue weighted by Gasteiger charge is 2.24. The van der Waals surface area contributed by atoms with Gasteiger partial charge in [0, 0.05) is 17.6 Å². The van der Waals surface area contributed by atoms with Crippen LogP contribution in [0.25, 0.3) is 0 Å². The number of nitrogens with one attached hydrogen (secondary N) is 1. The average Bonchev–Trinajstić information content (AvgIpc) is 2.15. The van der Waals surface area contributed by atoms with Crippen LogP contribution >= 0.6 is 0 Å². The Morgan fingerprint density at radius 1 is 1.06 bits per heavy atom. The molecule has 1 nitrogen and oxygen atoms in total. The first-order valence-corrected chi connectivity index (χ1v) is 5.93. The van der Waals surface area contributed by atoms with E-state index in [1.165, 1.54) is 18.2 Å². The first kappa shape index (κ1) is 14.1. The molecule has 2 unspecified atom stereocenters. The fourth-order valence-corrected chi connectivity index (χ4v) is 1.63. The zero-order chi connectivity index (χ0) is 13.2. The lowest BCUT2D eigenvalue weighted by Crippen LogP contribution is -2.39. The third kappa shape index (κ3) is 3.50. The van der Waals surface area contributed by atoms with E-state index in [1.807, 2.05) is 6.92 Å². The fourth-order valence-electron chi connectivity index (χ4n) is 1.63. The number of benzene rings is 1. The van der Waals surface area contributed by atoms with Gasteiger partial charge < -0.3 is 5.32 Å². The highest BCUT2D eigenvalue weighted by molar-refractivity contribution is 5.22. The molecule has 0 aliphatic heterocycles. The van der Waals surface area contributed by atoms with Crippen LogP contribution in [0.1, 0.15) is 46.2 Å². The summed E-state index contributed by atoms with van der Waals surface area (Å²) in [5, 5.41) is 3.24. The van der Waals surface area contributed by atoms with Gasteiger partial charge in [0.15, 0.2) is 0 Å². The molecule has 17 heavy (non-hydrogen) atoms. The van der Waals surface area contributed by atoms with E-state index in [-0.39, 0.29) is 23.1 Å². The lowest BCUT2D eigenvalue weighted by Gasteiger charge is -2.31. The summed E-state index contributed by atoms with van der Waals surface area (Å²) < 4.78 is 27.1. The predicted molar refractivity (Wildman–Crippen MR) is 66.8 cm³/mol. The quantitative estimate of drug-likeness (QED) is 0.841. The summed E-state index contributed by atoms with van der Waals surface area (Å²) in [6.45, 7) is 10.1. The second kappa shape index (κ2) is 5.13. The molecule has 96 valence electrons. The smallest absolute Gasteiger partial charge is 0.130 e. The molecule has 1 aromatic carbocycles. The van der Waals surface area contributed by atoms with E-state index in [2.05, 4.69) is 26.1 Å². The van der Waals surface area contributed by atoms with Crippen LogP contribution in [0.4, 0.5) is 8.78 Å². The van der Waals surface area contributed by atoms with E-state index in [0.29, 0.717) is 0 Å². The molecule has 0 bridgehead atoms. The van der Waals surface area contributed by atoms with E-state index in [0.717, 1.165) is 0 Å². The Hall–Kier alpha value is -0.960. The van der Waals surface area contributed by atoms with Crippen LogP contribution in [0.5, 0.6) is 0 Å². The van der Waals surface area contributed by atoms with Gasteiger partial charge in [-0.1, -0.05) is 26.8 Å². The molecule has 0 radical (unpaired) electrons. The van der Waals surface area contributed by atoms with Crippen LogP contribution < -0.4 is 5.32 Å². The average molecular weight is 241 g/mol. The zero-order valence-electron chi connectivity index (χ0n) is 11.1. The van der Waals surface area contributed by atoms with E-state index >= 15 is 0 Å². The van der Waals surface area contributed by atoms with Crippen molar-refractivity contribution < 1.29 is 8.78 Å². The summed E-state index contributed by atoms with van der Waals surface area (Å²) in [6.07, 6.45) is 0. The lowest BCUT2D eigenvalue weighted by atomic mass is 9.87. The highest BCUT2D eigenvalue weighted by Crippen LogP contribution is 2.25. The number of hydrogen-bond acceptors (Lipinski definition) is 1. The van der Waals surface area contributed by atoms with Crippen LogP contribution in [0.15, 0.2) is 18.2 Å². The van der Waals surface area contributed by atoms with Crippen molar-refractivity contribution in [3.8, 4) is 0 Å². The zero-order valence-corrected chi connectivity index (χ0v) is 11.1. The first-order chi connectivity index (χ1) is 7.73. The first-order valence-electron chi connectivity index (χ1n) is 5.93. The molecule has 0 amide bonds. The van der Waals surface area contributed by atoms with E-state index in [9.17, 15) is 8.78 Å². The molecule has 0 spiro atoms. The Balaban J connectivity index is 2.87. The lowest BCUT2D eigenvalue weighted by molar-refractivity contribution is 0.264. The Morgan fingerprint density at radius 3 is 1.94 bits per heavy atom. The van der Waals surface area contributed by atoms with Crippen LogP contribution in [-0.4, -0.2) is 6.04 Å². The van der Waals surface area contributed by atoms with Gasteiger partial charge in [-0.3, -0.25) is 0 Å². The standard InChI is InChI=1S/C14H21F2N/c1-9(17-10(2)14(3,4)5)13-11(15)7-6-8-12(13)16/h6-10,17H,1-5H3. The van der Waals surface area contributed by atoms with Gasteiger partial charge in [-0.05, 0) is 31.4 Å². The van der Waals surface area contributed by atoms with Crippen LogP contribution in [0.2, 0.25) is 0 Å². The monoisotopic (exact) mass is 241 g/mol. The summed E-state index contributed by atoms with van der Waals surface area (Å²) in [4.78, 5) is 0. The third-order valence-corrected chi connectivity index (χ3v) is 3.23. The van der Waals surface area contributed by atoms with Gasteiger partial charge in [-0.15, -0.1) is 0 Å². The summed E-state index contributed by atoms with van der Waals surface area (Å²) in [7, 11) is 0. The molecule has 2 atom stereocenters. The molecule has 0 aromatic heterocycles. The Labute approximate surface area is 102 Å². The van der Waals surface area contributed by atoms with Crippen molar-refractivity contribution in [1.82, 2.24) is 5.32 Å². The molecule has 0 saturated heterocycles. The maximum atomic E-state index is 13.6. The molecule has 0 aliphatic carbocycles. The SMILES string of the molecule is CC(NC(C)C(C)(C)C)c1c(F)cccc1F. The summed E-state index contributed by atoms with van der Waals surface area (Å²) >= 11 is 0. The van der Waals surface area contributed by atoms with Crippen LogP contribution in [0, 0.1) is 17.0 Å². The Morgan fingerprint density at radius 2 is 1.53 bits per heavy atom. The van der Waals surface area contributed by atoms with Gasteiger partial charge in [0.05, 0.1) is 0 Å². The minimum Gasteiger partial charge on any atom is -0.307 e. The fraction of sp³-hybridized carbons (Fsp3) is 0.571. The number of hydrogen-bond donors (Lipinski definition) is 1. The summed E-state index contributed by atoms with van der Waals surface area (Å²) in [5.41, 5.74) is 0.166. The van der Waals surface area contributed by atoms with Crippen molar-refractivity contribution in [2.45, 2.75) is 46.7 Å². The van der Waals surface area contributed by atoms with Gasteiger partial charge in [0.1, 0.15) is 11.6 Å². The minimum absolute atomic E-state index is 0.0516. The minimum atomic E-state index is -0.494. The third-order valence-electron chi connectivity index (χ3n) is 3.23. The van der Waals surface area contributed by atoms with E-state index in [1.54, 1.807) is 6.92 Å². The second-order valence-corrected chi connectivity index (χ2v) is 5.61. The van der Waals surface area contributed by atoms with Crippen molar-refractivity contribution in [1.29, 1.82) is 0 Å². The normalized spacial score (nSPS) is 15.7. The van der Waals surface area contributed by atoms with E-state index < -0.39 is 11.6 Å². The van der Waals surface area contributed by atoms with Crippen molar-refractivity contribution in [2.24, 2.45) is 5.41 Å². The van der Waals surface area contributed by atoms with Crippen LogP contribution in [-0.2, 0) is 0 Å². The van der Waals surface area contributed by atoms with Gasteiger partial charge >= 0.3 is 0 Å². The Kier molecular flexibility index (Phi) is 4.26. The molecule has 1 aromatic rings. The van der Waals surface area contributed by atoms with Gasteiger partial charge in [-0.25, -0.2) is 8.78 Å². The van der Waals surface area contributed by atoms with Crippen molar-refractivity contribution >= 4 is 0 Å². The van der Waals surface area contributed by atoms with Gasteiger partial charge in [0.25, 0.3) is 0 Å². The molecule has 0 saturated carbocycles. The molecule has 0 aliphatic rings. The topological polar surface area (TPSA) is 12.0 Å². The Bertz CT molecular complexity index is 362. The molecule has 0 heterocycles. The molecule has 0 fully saturated rings. The largest absolute Gasteiger partial charge is 0.307 e. The molecular formula is C14H21F2N. The molecule has 1 N–H and O–H groups in total. The van der Waals surface area contributed by atoms with Crippen molar-refractivity contribution in [3.05, 3.63) is 35.4 Å². The molecule has 1 rings (SSSR count). The second-order valence-electron chi connectivity index (χ2n) is 5.61. The maximum Gasteiger partial charge on any atom is 0.130 e. The molecular weight excluding hydrogens is 220 g/mol. The summed E-state index contributed by atoms with van der Waals surface area (Å²) in [6, 6.07) is 3.78. The van der Waals surface area contributed by atoms with Gasteiger partial charge in [0.2, 0.25) is 0 Å². The van der Waals surface area contributed by atoms with Crippen LogP contribution in [0.3, 0.4) is 0 Å². The highest BCUT2D eigenvalue weighted by atomic mass is 19.1. The van der Waals surface area contributed by atoms with Crippen molar-refractivity contribution in [3.63, 3.8) is 0 Å². The predicted octanol–water partition coefficient (Wildman–Crippen LogP) is 4.05. The van der Waals surface area contributed by atoms with Gasteiger partial charge in [-0.2, -0.15) is 0 Å². The number of halogens is 2. The van der Waals surface area contributed by atoms with Crippen molar-refractivity contribution in [2.75, 3.05) is 0 Å².